The Bertz CT molecular complexity index is 462. The fourth-order valence-electron chi connectivity index (χ4n) is 4.44. The molecular formula is C20H39BN4O4. The first-order chi connectivity index (χ1) is 14.1. The lowest BCUT2D eigenvalue weighted by atomic mass is 9.93. The summed E-state index contributed by atoms with van der Waals surface area (Å²) in [6, 6.07) is -0.466. The number of nitrogens with zero attached hydrogens (tertiary/aromatic N) is 4. The summed E-state index contributed by atoms with van der Waals surface area (Å²) in [6.45, 7) is 13.6. The predicted molar refractivity (Wildman–Crippen MR) is 114 cm³/mol. The third-order valence-corrected chi connectivity index (χ3v) is 6.46. The van der Waals surface area contributed by atoms with Gasteiger partial charge in [-0.2, -0.15) is 0 Å². The summed E-state index contributed by atoms with van der Waals surface area (Å²) in [6.07, 6.45) is -0.602. The van der Waals surface area contributed by atoms with Gasteiger partial charge in [0, 0.05) is 92.2 Å². The van der Waals surface area contributed by atoms with Crippen LogP contribution in [0.3, 0.4) is 0 Å². The smallest absolute Gasteiger partial charge is 0.113 e. The van der Waals surface area contributed by atoms with Crippen LogP contribution in [0, 0.1) is 0 Å². The maximum atomic E-state index is 6.10. The second-order valence-electron chi connectivity index (χ2n) is 8.46. The quantitative estimate of drug-likeness (QED) is 0.416. The van der Waals surface area contributed by atoms with Crippen LogP contribution in [0.25, 0.3) is 0 Å². The average Bonchev–Trinajstić information content (AvgIpc) is 3.03. The normalized spacial score (nSPS) is 33.5. The first kappa shape index (κ1) is 23.4. The Kier molecular flexibility index (Phi) is 9.65. The lowest BCUT2D eigenvalue weighted by Gasteiger charge is -2.37. The predicted octanol–water partition coefficient (Wildman–Crippen LogP) is -1.21. The summed E-state index contributed by atoms with van der Waals surface area (Å²) >= 11 is 0. The van der Waals surface area contributed by atoms with Crippen molar-refractivity contribution < 1.29 is 18.9 Å². The first-order valence-corrected chi connectivity index (χ1v) is 11.0. The van der Waals surface area contributed by atoms with Crippen LogP contribution in [0.2, 0.25) is 0 Å². The summed E-state index contributed by atoms with van der Waals surface area (Å²) in [7, 11) is 11.6. The number of likely N-dealkylation sites (N-methyl/N-ethyl adjacent to an activating group) is 1. The van der Waals surface area contributed by atoms with Crippen molar-refractivity contribution in [2.45, 2.75) is 24.3 Å². The highest BCUT2D eigenvalue weighted by atomic mass is 16.6. The standard InChI is InChI=1S/C20H39BN4O4/c1-22-4-6-23(7-5-22)8-9-24-10-12-25(13-11-24)14-15-28-19-18(27-3)17(16-26-2)29-20(19)21/h17-20H,4-16H2,1-3H3/t17-,18?,19+,20-/m1/s1. The molecule has 0 bridgehead atoms. The minimum atomic E-state index is -0.466. The summed E-state index contributed by atoms with van der Waals surface area (Å²) < 4.78 is 22.6. The van der Waals surface area contributed by atoms with Crippen LogP contribution in [0.5, 0.6) is 0 Å². The zero-order valence-electron chi connectivity index (χ0n) is 18.5. The van der Waals surface area contributed by atoms with Gasteiger partial charge in [-0.15, -0.1) is 0 Å². The summed E-state index contributed by atoms with van der Waals surface area (Å²) in [5, 5.41) is 0. The van der Waals surface area contributed by atoms with Crippen molar-refractivity contribution in [1.82, 2.24) is 19.6 Å². The lowest BCUT2D eigenvalue weighted by Crippen LogP contribution is -2.51. The summed E-state index contributed by atoms with van der Waals surface area (Å²) in [5.41, 5.74) is 0. The molecule has 3 saturated heterocycles. The Morgan fingerprint density at radius 2 is 1.38 bits per heavy atom. The molecule has 29 heavy (non-hydrogen) atoms. The third-order valence-electron chi connectivity index (χ3n) is 6.46. The number of methoxy groups -OCH3 is 2. The first-order valence-electron chi connectivity index (χ1n) is 11.0. The van der Waals surface area contributed by atoms with E-state index < -0.39 is 6.00 Å². The Labute approximate surface area is 177 Å². The zero-order chi connectivity index (χ0) is 20.6. The Morgan fingerprint density at radius 1 is 0.828 bits per heavy atom. The maximum Gasteiger partial charge on any atom is 0.113 e. The topological polar surface area (TPSA) is 49.9 Å². The molecule has 0 amide bonds. The van der Waals surface area contributed by atoms with E-state index in [-0.39, 0.29) is 18.3 Å². The second kappa shape index (κ2) is 12.0. The fraction of sp³-hybridized carbons (Fsp3) is 1.00. The number of rotatable bonds is 10. The van der Waals surface area contributed by atoms with Gasteiger partial charge in [0.1, 0.15) is 26.2 Å². The van der Waals surface area contributed by atoms with Gasteiger partial charge in [-0.3, -0.25) is 14.7 Å². The van der Waals surface area contributed by atoms with Crippen LogP contribution in [0.1, 0.15) is 0 Å². The van der Waals surface area contributed by atoms with E-state index in [0.29, 0.717) is 13.2 Å². The molecule has 3 heterocycles. The molecule has 0 aromatic carbocycles. The molecule has 2 radical (unpaired) electrons. The summed E-state index contributed by atoms with van der Waals surface area (Å²) in [5.74, 6) is 0. The number of hydrogen-bond donors (Lipinski definition) is 0. The van der Waals surface area contributed by atoms with E-state index in [1.54, 1.807) is 14.2 Å². The number of hydrogen-bond acceptors (Lipinski definition) is 8. The van der Waals surface area contributed by atoms with Crippen LogP contribution in [-0.2, 0) is 18.9 Å². The van der Waals surface area contributed by atoms with Crippen LogP contribution in [-0.4, -0.2) is 158 Å². The molecule has 0 N–H and O–H groups in total. The van der Waals surface area contributed by atoms with Gasteiger partial charge >= 0.3 is 0 Å². The van der Waals surface area contributed by atoms with Crippen LogP contribution in [0.4, 0.5) is 0 Å². The fourth-order valence-corrected chi connectivity index (χ4v) is 4.44. The lowest BCUT2D eigenvalue weighted by molar-refractivity contribution is -0.0594. The Morgan fingerprint density at radius 3 is 1.93 bits per heavy atom. The number of piperazine rings is 2. The molecule has 1 unspecified atom stereocenters. The van der Waals surface area contributed by atoms with E-state index in [1.807, 2.05) is 0 Å². The highest BCUT2D eigenvalue weighted by Crippen LogP contribution is 2.25. The van der Waals surface area contributed by atoms with E-state index in [0.717, 1.165) is 32.7 Å². The molecule has 3 fully saturated rings. The van der Waals surface area contributed by atoms with Gasteiger partial charge < -0.3 is 23.8 Å². The van der Waals surface area contributed by atoms with Crippen LogP contribution >= 0.6 is 0 Å². The highest BCUT2D eigenvalue weighted by Gasteiger charge is 2.43. The van der Waals surface area contributed by atoms with E-state index in [9.17, 15) is 0 Å². The minimum absolute atomic E-state index is 0.172. The van der Waals surface area contributed by atoms with E-state index >= 15 is 0 Å². The molecule has 0 saturated carbocycles. The van der Waals surface area contributed by atoms with Gasteiger partial charge in [0.15, 0.2) is 0 Å². The van der Waals surface area contributed by atoms with Crippen molar-refractivity contribution in [3.05, 3.63) is 0 Å². The maximum absolute atomic E-state index is 6.10. The molecule has 3 aliphatic heterocycles. The van der Waals surface area contributed by atoms with Gasteiger partial charge in [0.25, 0.3) is 0 Å². The van der Waals surface area contributed by atoms with Crippen LogP contribution in [0.15, 0.2) is 0 Å². The van der Waals surface area contributed by atoms with Gasteiger partial charge in [-0.05, 0) is 7.05 Å². The van der Waals surface area contributed by atoms with Gasteiger partial charge in [-0.25, -0.2) is 0 Å². The summed E-state index contributed by atoms with van der Waals surface area (Å²) in [4.78, 5) is 10.1. The van der Waals surface area contributed by atoms with Crippen molar-refractivity contribution in [2.75, 3.05) is 106 Å². The van der Waals surface area contributed by atoms with Crippen molar-refractivity contribution >= 4 is 7.85 Å². The van der Waals surface area contributed by atoms with E-state index in [2.05, 4.69) is 26.6 Å². The van der Waals surface area contributed by atoms with Crippen molar-refractivity contribution in [3.63, 3.8) is 0 Å². The second-order valence-corrected chi connectivity index (χ2v) is 8.46. The van der Waals surface area contributed by atoms with Crippen molar-refractivity contribution in [2.24, 2.45) is 0 Å². The van der Waals surface area contributed by atoms with Gasteiger partial charge in [0.05, 0.1) is 13.2 Å². The van der Waals surface area contributed by atoms with E-state index in [1.165, 1.54) is 39.3 Å². The molecule has 3 rings (SSSR count). The highest BCUT2D eigenvalue weighted by molar-refractivity contribution is 6.11. The van der Waals surface area contributed by atoms with Crippen molar-refractivity contribution in [1.29, 1.82) is 0 Å². The van der Waals surface area contributed by atoms with Crippen molar-refractivity contribution in [3.8, 4) is 0 Å². The Hall–Kier alpha value is -0.255. The van der Waals surface area contributed by atoms with E-state index in [4.69, 9.17) is 26.8 Å². The van der Waals surface area contributed by atoms with Gasteiger partial charge in [0.2, 0.25) is 0 Å². The molecule has 9 heteroatoms. The van der Waals surface area contributed by atoms with Crippen LogP contribution < -0.4 is 0 Å². The molecule has 4 atom stereocenters. The molecule has 0 aromatic heterocycles. The Balaban J connectivity index is 1.29. The molecule has 166 valence electrons. The average molecular weight is 410 g/mol. The minimum Gasteiger partial charge on any atom is -0.382 e. The molecule has 3 aliphatic rings. The largest absolute Gasteiger partial charge is 0.382 e. The SMILES string of the molecule is [B][C@@H]1O[C@H](COC)C(OC)[C@@H]1OCCN1CCN(CCN2CCN(C)CC2)CC1. The number of ether oxygens (including phenoxy) is 4. The molecular weight excluding hydrogens is 371 g/mol. The third kappa shape index (κ3) is 6.87. The zero-order valence-corrected chi connectivity index (χ0v) is 18.5. The monoisotopic (exact) mass is 410 g/mol. The molecule has 0 aromatic rings. The molecule has 8 nitrogen and oxygen atoms in total. The van der Waals surface area contributed by atoms with Gasteiger partial charge in [-0.1, -0.05) is 0 Å². The molecule has 0 aliphatic carbocycles. The molecule has 0 spiro atoms.